The Bertz CT molecular complexity index is 1550. The Morgan fingerprint density at radius 3 is 2.51 bits per heavy atom. The summed E-state index contributed by atoms with van der Waals surface area (Å²) in [4.78, 5) is 13.4. The lowest BCUT2D eigenvalue weighted by Crippen LogP contribution is -2.18. The molecule has 0 saturated carbocycles. The molecule has 0 aliphatic carbocycles. The van der Waals surface area contributed by atoms with E-state index in [0.717, 1.165) is 0 Å². The number of aliphatic hydroxyl groups excluding tert-OH is 1. The number of anilines is 1. The Kier molecular flexibility index (Phi) is 6.45. The van der Waals surface area contributed by atoms with E-state index in [0.29, 0.717) is 33.9 Å². The van der Waals surface area contributed by atoms with Crippen molar-refractivity contribution in [2.24, 2.45) is 0 Å². The summed E-state index contributed by atoms with van der Waals surface area (Å²) in [5, 5.41) is 12.5. The van der Waals surface area contributed by atoms with Gasteiger partial charge in [-0.1, -0.05) is 18.2 Å². The second-order valence-electron chi connectivity index (χ2n) is 8.01. The molecule has 0 fully saturated rings. The molecule has 2 aromatic carbocycles. The summed E-state index contributed by atoms with van der Waals surface area (Å²) in [6.45, 7) is -0.181. The molecule has 11 heteroatoms. The number of aromatic nitrogens is 4. The summed E-state index contributed by atoms with van der Waals surface area (Å²) in [5.41, 5.74) is 3.73. The Morgan fingerprint density at radius 1 is 0.973 bits per heavy atom. The van der Waals surface area contributed by atoms with Crippen LogP contribution in [-0.4, -0.2) is 30.8 Å². The number of para-hydroxylation sites is 1. The van der Waals surface area contributed by atoms with E-state index in [1.165, 1.54) is 36.5 Å². The van der Waals surface area contributed by atoms with Crippen molar-refractivity contribution in [3.8, 4) is 28.4 Å². The maximum Gasteiger partial charge on any atom is 0.573 e. The van der Waals surface area contributed by atoms with E-state index >= 15 is 0 Å². The number of imidazole rings is 1. The molecule has 37 heavy (non-hydrogen) atoms. The molecule has 0 bridgehead atoms. The fourth-order valence-corrected chi connectivity index (χ4v) is 3.86. The first-order valence-corrected chi connectivity index (χ1v) is 11.1. The number of pyridine rings is 1. The first-order valence-electron chi connectivity index (χ1n) is 11.1. The molecule has 2 N–H and O–H groups in total. The fourth-order valence-electron chi connectivity index (χ4n) is 3.86. The third-order valence-electron chi connectivity index (χ3n) is 5.52. The summed E-state index contributed by atoms with van der Waals surface area (Å²) < 4.78 is 57.7. The van der Waals surface area contributed by atoms with Crippen LogP contribution in [0, 0.1) is 5.82 Å². The number of nitrogens with zero attached hydrogens (tertiary/aromatic N) is 4. The molecular formula is C26H19F4N5O2. The number of nitrogens with one attached hydrogen (secondary N) is 1. The van der Waals surface area contributed by atoms with Gasteiger partial charge in [0.1, 0.15) is 17.2 Å². The van der Waals surface area contributed by atoms with Gasteiger partial charge in [0.15, 0.2) is 0 Å². The number of alkyl halides is 3. The monoisotopic (exact) mass is 509 g/mol. The molecule has 0 amide bonds. The first-order chi connectivity index (χ1) is 17.8. The molecule has 7 nitrogen and oxygen atoms in total. The molecule has 5 aromatic rings. The summed E-state index contributed by atoms with van der Waals surface area (Å²) in [7, 11) is 0. The van der Waals surface area contributed by atoms with Crippen molar-refractivity contribution in [3.63, 3.8) is 0 Å². The fraction of sp³-hybridized carbons (Fsp3) is 0.115. The number of halogens is 4. The number of rotatable bonds is 7. The van der Waals surface area contributed by atoms with Crippen LogP contribution in [0.25, 0.3) is 28.3 Å². The lowest BCUT2D eigenvalue weighted by molar-refractivity contribution is -0.274. The number of benzene rings is 2. The quantitative estimate of drug-likeness (QED) is 0.278. The van der Waals surface area contributed by atoms with Gasteiger partial charge in [0, 0.05) is 30.1 Å². The average molecular weight is 509 g/mol. The number of hydrogen-bond donors (Lipinski definition) is 2. The second-order valence-corrected chi connectivity index (χ2v) is 8.01. The zero-order chi connectivity index (χ0) is 26.0. The van der Waals surface area contributed by atoms with E-state index in [1.54, 1.807) is 47.0 Å². The number of hydrogen-bond acceptors (Lipinski definition) is 6. The van der Waals surface area contributed by atoms with Gasteiger partial charge in [0.2, 0.25) is 5.95 Å². The van der Waals surface area contributed by atoms with E-state index in [2.05, 4.69) is 20.0 Å². The molecular weight excluding hydrogens is 490 g/mol. The third kappa shape index (κ3) is 5.36. The maximum atomic E-state index is 13.6. The standard InChI is InChI=1S/C26H19F4N5O2/c27-19-7-5-17(6-8-19)23-24(35-12-10-16(15-36)13-22(35)34-23)20-9-11-31-25(33-20)32-14-18-3-1-2-4-21(18)37-26(28,29)30/h1-13,36H,14-15H2,(H,31,32,33). The van der Waals surface area contributed by atoms with Gasteiger partial charge in [-0.2, -0.15) is 0 Å². The van der Waals surface area contributed by atoms with Crippen LogP contribution < -0.4 is 10.1 Å². The minimum absolute atomic E-state index is 0.0203. The number of fused-ring (bicyclic) bond motifs is 1. The third-order valence-corrected chi connectivity index (χ3v) is 5.52. The van der Waals surface area contributed by atoms with Gasteiger partial charge in [-0.05, 0) is 54.1 Å². The van der Waals surface area contributed by atoms with Crippen LogP contribution in [0.15, 0.2) is 79.1 Å². The highest BCUT2D eigenvalue weighted by atomic mass is 19.4. The molecule has 0 atom stereocenters. The van der Waals surface area contributed by atoms with Crippen LogP contribution in [0.5, 0.6) is 5.75 Å². The van der Waals surface area contributed by atoms with Crippen molar-refractivity contribution >= 4 is 11.6 Å². The Balaban J connectivity index is 1.52. The first kappa shape index (κ1) is 24.2. The minimum Gasteiger partial charge on any atom is -0.405 e. The van der Waals surface area contributed by atoms with Gasteiger partial charge in [0.25, 0.3) is 0 Å². The van der Waals surface area contributed by atoms with Crippen LogP contribution in [0.1, 0.15) is 11.1 Å². The minimum atomic E-state index is -4.82. The van der Waals surface area contributed by atoms with Gasteiger partial charge in [0.05, 0.1) is 23.7 Å². The van der Waals surface area contributed by atoms with Crippen LogP contribution in [-0.2, 0) is 13.2 Å². The molecule has 0 spiro atoms. The molecule has 0 aliphatic rings. The van der Waals surface area contributed by atoms with Gasteiger partial charge in [-0.3, -0.25) is 4.40 Å². The van der Waals surface area contributed by atoms with Gasteiger partial charge < -0.3 is 15.2 Å². The van der Waals surface area contributed by atoms with Gasteiger partial charge in [-0.25, -0.2) is 19.3 Å². The highest BCUT2D eigenvalue weighted by Gasteiger charge is 2.32. The van der Waals surface area contributed by atoms with E-state index in [9.17, 15) is 22.7 Å². The number of ether oxygens (including phenoxy) is 1. The Morgan fingerprint density at radius 2 is 1.76 bits per heavy atom. The van der Waals surface area contributed by atoms with Gasteiger partial charge >= 0.3 is 6.36 Å². The summed E-state index contributed by atoms with van der Waals surface area (Å²) in [6.07, 6.45) is -1.56. The smallest absolute Gasteiger partial charge is 0.405 e. The summed E-state index contributed by atoms with van der Waals surface area (Å²) in [5.74, 6) is -0.537. The Labute approximate surface area is 208 Å². The zero-order valence-electron chi connectivity index (χ0n) is 19.1. The van der Waals surface area contributed by atoms with Crippen LogP contribution >= 0.6 is 0 Å². The van der Waals surface area contributed by atoms with E-state index < -0.39 is 6.36 Å². The summed E-state index contributed by atoms with van der Waals surface area (Å²) in [6, 6.07) is 16.8. The van der Waals surface area contributed by atoms with E-state index in [1.807, 2.05) is 0 Å². The van der Waals surface area contributed by atoms with E-state index in [4.69, 9.17) is 4.98 Å². The molecule has 188 valence electrons. The topological polar surface area (TPSA) is 84.6 Å². The zero-order valence-corrected chi connectivity index (χ0v) is 19.1. The molecule has 0 radical (unpaired) electrons. The lowest BCUT2D eigenvalue weighted by atomic mass is 10.1. The molecule has 0 saturated heterocycles. The highest BCUT2D eigenvalue weighted by Crippen LogP contribution is 2.33. The molecule has 0 unspecified atom stereocenters. The number of aliphatic hydroxyl groups is 1. The SMILES string of the molecule is OCc1ccn2c(-c3ccnc(NCc4ccccc4OC(F)(F)F)n3)c(-c3ccc(F)cc3)nc2c1. The molecule has 3 heterocycles. The van der Waals surface area contributed by atoms with Gasteiger partial charge in [-0.15, -0.1) is 13.2 Å². The molecule has 3 aromatic heterocycles. The largest absolute Gasteiger partial charge is 0.573 e. The predicted octanol–water partition coefficient (Wildman–Crippen LogP) is 5.60. The lowest BCUT2D eigenvalue weighted by Gasteiger charge is -2.14. The second kappa shape index (κ2) is 9.86. The Hall–Kier alpha value is -4.51. The predicted molar refractivity (Wildman–Crippen MR) is 128 cm³/mol. The normalized spacial score (nSPS) is 11.6. The molecule has 5 rings (SSSR count). The maximum absolute atomic E-state index is 13.6. The van der Waals surface area contributed by atoms with Crippen molar-refractivity contribution in [1.82, 2.24) is 19.4 Å². The van der Waals surface area contributed by atoms with Crippen LogP contribution in [0.4, 0.5) is 23.5 Å². The van der Waals surface area contributed by atoms with Crippen LogP contribution in [0.3, 0.4) is 0 Å². The van der Waals surface area contributed by atoms with E-state index in [-0.39, 0.29) is 36.2 Å². The highest BCUT2D eigenvalue weighted by molar-refractivity contribution is 5.80. The van der Waals surface area contributed by atoms with Crippen molar-refractivity contribution < 1.29 is 27.4 Å². The van der Waals surface area contributed by atoms with Crippen molar-refractivity contribution in [3.05, 3.63) is 96.1 Å². The van der Waals surface area contributed by atoms with Crippen molar-refractivity contribution in [2.75, 3.05) is 5.32 Å². The average Bonchev–Trinajstić information content (AvgIpc) is 3.26. The van der Waals surface area contributed by atoms with Crippen molar-refractivity contribution in [2.45, 2.75) is 19.5 Å². The summed E-state index contributed by atoms with van der Waals surface area (Å²) >= 11 is 0. The molecule has 0 aliphatic heterocycles. The van der Waals surface area contributed by atoms with Crippen LogP contribution in [0.2, 0.25) is 0 Å². The van der Waals surface area contributed by atoms with Crippen molar-refractivity contribution in [1.29, 1.82) is 0 Å².